The molecule has 92 valence electrons. The molecule has 17 heavy (non-hydrogen) atoms. The van der Waals surface area contributed by atoms with Gasteiger partial charge in [-0.15, -0.1) is 0 Å². The zero-order valence-electron chi connectivity index (χ0n) is 10.8. The van der Waals surface area contributed by atoms with Crippen molar-refractivity contribution in [1.82, 2.24) is 9.88 Å². The van der Waals surface area contributed by atoms with Crippen LogP contribution in [0.15, 0.2) is 24.5 Å². The summed E-state index contributed by atoms with van der Waals surface area (Å²) in [7, 11) is 0. The van der Waals surface area contributed by atoms with Crippen LogP contribution in [0.5, 0.6) is 0 Å². The molecule has 3 heteroatoms. The Hall–Kier alpha value is -1.38. The summed E-state index contributed by atoms with van der Waals surface area (Å²) in [6.45, 7) is 8.03. The molecule has 0 aliphatic carbocycles. The molecule has 1 aliphatic heterocycles. The van der Waals surface area contributed by atoms with Crippen molar-refractivity contribution < 1.29 is 4.79 Å². The van der Waals surface area contributed by atoms with Gasteiger partial charge in [0.25, 0.3) is 0 Å². The van der Waals surface area contributed by atoms with Gasteiger partial charge in [0.1, 0.15) is 0 Å². The smallest absolute Gasteiger partial charge is 0.223 e. The zero-order chi connectivity index (χ0) is 12.5. The number of carbonyl (C=O) groups excluding carboxylic acids is 1. The number of rotatable bonds is 2. The Kier molecular flexibility index (Phi) is 3.18. The van der Waals surface area contributed by atoms with E-state index in [4.69, 9.17) is 0 Å². The third-order valence-corrected chi connectivity index (χ3v) is 3.09. The predicted octanol–water partition coefficient (Wildman–Crippen LogP) is 2.44. The maximum Gasteiger partial charge on any atom is 0.223 e. The Morgan fingerprint density at radius 2 is 1.94 bits per heavy atom. The third kappa shape index (κ3) is 3.05. The summed E-state index contributed by atoms with van der Waals surface area (Å²) in [5.41, 5.74) is 1.37. The molecular weight excluding hydrogens is 212 g/mol. The van der Waals surface area contributed by atoms with E-state index >= 15 is 0 Å². The van der Waals surface area contributed by atoms with Gasteiger partial charge < -0.3 is 4.90 Å². The standard InChI is InChI=1S/C14H20N2O/c1-14(2,3)8-13(17)16-9-12(10-16)11-4-6-15-7-5-11/h4-7,12H,8-10H2,1-3H3. The van der Waals surface area contributed by atoms with Gasteiger partial charge in [0, 0.05) is 37.8 Å². The molecule has 0 spiro atoms. The second kappa shape index (κ2) is 4.47. The minimum absolute atomic E-state index is 0.0822. The molecule has 0 bridgehead atoms. The van der Waals surface area contributed by atoms with Gasteiger partial charge in [-0.25, -0.2) is 0 Å². The minimum Gasteiger partial charge on any atom is -0.341 e. The molecule has 0 radical (unpaired) electrons. The second-order valence-electron chi connectivity index (χ2n) is 6.01. The number of aromatic nitrogens is 1. The molecule has 0 atom stereocenters. The van der Waals surface area contributed by atoms with Crippen molar-refractivity contribution >= 4 is 5.91 Å². The maximum atomic E-state index is 11.9. The predicted molar refractivity (Wildman–Crippen MR) is 67.6 cm³/mol. The van der Waals surface area contributed by atoms with Crippen molar-refractivity contribution in [3.8, 4) is 0 Å². The molecule has 0 saturated carbocycles. The number of nitrogens with zero attached hydrogens (tertiary/aromatic N) is 2. The van der Waals surface area contributed by atoms with Crippen LogP contribution in [-0.2, 0) is 4.79 Å². The summed E-state index contributed by atoms with van der Waals surface area (Å²) in [5, 5.41) is 0. The molecule has 1 saturated heterocycles. The van der Waals surface area contributed by atoms with Gasteiger partial charge in [-0.05, 0) is 23.1 Å². The number of likely N-dealkylation sites (tertiary alicyclic amines) is 1. The fourth-order valence-electron chi connectivity index (χ4n) is 2.09. The van der Waals surface area contributed by atoms with Crippen molar-refractivity contribution in [2.75, 3.05) is 13.1 Å². The molecule has 1 fully saturated rings. The number of hydrogen-bond donors (Lipinski definition) is 0. The largest absolute Gasteiger partial charge is 0.341 e. The lowest BCUT2D eigenvalue weighted by Crippen LogP contribution is -2.49. The van der Waals surface area contributed by atoms with Crippen LogP contribution in [0, 0.1) is 5.41 Å². The average molecular weight is 232 g/mol. The van der Waals surface area contributed by atoms with Crippen LogP contribution < -0.4 is 0 Å². The Labute approximate surface area is 103 Å². The highest BCUT2D eigenvalue weighted by Crippen LogP contribution is 2.29. The van der Waals surface area contributed by atoms with Gasteiger partial charge in [-0.2, -0.15) is 0 Å². The molecule has 0 N–H and O–H groups in total. The highest BCUT2D eigenvalue weighted by atomic mass is 16.2. The van der Waals surface area contributed by atoms with Gasteiger partial charge in [-0.3, -0.25) is 9.78 Å². The Morgan fingerprint density at radius 1 is 1.35 bits per heavy atom. The topological polar surface area (TPSA) is 33.2 Å². The highest BCUT2D eigenvalue weighted by molar-refractivity contribution is 5.78. The highest BCUT2D eigenvalue weighted by Gasteiger charge is 2.32. The summed E-state index contributed by atoms with van der Waals surface area (Å²) in [6.07, 6.45) is 4.26. The van der Waals surface area contributed by atoms with E-state index < -0.39 is 0 Å². The normalized spacial score (nSPS) is 16.8. The fraction of sp³-hybridized carbons (Fsp3) is 0.571. The van der Waals surface area contributed by atoms with E-state index in [-0.39, 0.29) is 11.3 Å². The van der Waals surface area contributed by atoms with Crippen LogP contribution in [0.1, 0.15) is 38.7 Å². The molecule has 0 unspecified atom stereocenters. The fourth-order valence-corrected chi connectivity index (χ4v) is 2.09. The van der Waals surface area contributed by atoms with Gasteiger partial charge in [0.15, 0.2) is 0 Å². The molecule has 2 heterocycles. The van der Waals surface area contributed by atoms with Crippen molar-refractivity contribution in [3.63, 3.8) is 0 Å². The van der Waals surface area contributed by atoms with Crippen LogP contribution in [0.4, 0.5) is 0 Å². The van der Waals surface area contributed by atoms with E-state index in [0.717, 1.165) is 13.1 Å². The number of pyridine rings is 1. The summed E-state index contributed by atoms with van der Waals surface area (Å²) in [5.74, 6) is 0.782. The number of carbonyl (C=O) groups is 1. The van der Waals surface area contributed by atoms with Crippen LogP contribution in [-0.4, -0.2) is 28.9 Å². The summed E-state index contributed by atoms with van der Waals surface area (Å²) < 4.78 is 0. The Balaban J connectivity index is 1.85. The van der Waals surface area contributed by atoms with E-state index in [1.165, 1.54) is 5.56 Å². The van der Waals surface area contributed by atoms with E-state index in [9.17, 15) is 4.79 Å². The molecule has 1 aromatic rings. The monoisotopic (exact) mass is 232 g/mol. The van der Waals surface area contributed by atoms with Crippen molar-refractivity contribution in [2.24, 2.45) is 5.41 Å². The van der Waals surface area contributed by atoms with E-state index in [2.05, 4.69) is 25.8 Å². The van der Waals surface area contributed by atoms with Crippen LogP contribution in [0.25, 0.3) is 0 Å². The first-order chi connectivity index (χ1) is 7.96. The zero-order valence-corrected chi connectivity index (χ0v) is 10.8. The van der Waals surface area contributed by atoms with Crippen molar-refractivity contribution in [3.05, 3.63) is 30.1 Å². The van der Waals surface area contributed by atoms with E-state index in [0.29, 0.717) is 12.3 Å². The molecule has 3 nitrogen and oxygen atoms in total. The summed E-state index contributed by atoms with van der Waals surface area (Å²) in [4.78, 5) is 17.9. The molecule has 2 rings (SSSR count). The SMILES string of the molecule is CC(C)(C)CC(=O)N1CC(c2ccncc2)C1. The maximum absolute atomic E-state index is 11.9. The minimum atomic E-state index is 0.0822. The first-order valence-electron chi connectivity index (χ1n) is 6.13. The molecule has 1 aliphatic rings. The van der Waals surface area contributed by atoms with E-state index in [1.54, 1.807) is 0 Å². The van der Waals surface area contributed by atoms with Gasteiger partial charge in [0.05, 0.1) is 0 Å². The molecule has 0 aromatic carbocycles. The van der Waals surface area contributed by atoms with Crippen LogP contribution in [0.2, 0.25) is 0 Å². The lowest BCUT2D eigenvalue weighted by Gasteiger charge is -2.40. The third-order valence-electron chi connectivity index (χ3n) is 3.09. The second-order valence-corrected chi connectivity index (χ2v) is 6.01. The first-order valence-corrected chi connectivity index (χ1v) is 6.13. The molecular formula is C14H20N2O. The van der Waals surface area contributed by atoms with Crippen LogP contribution in [0.3, 0.4) is 0 Å². The molecule has 1 aromatic heterocycles. The lowest BCUT2D eigenvalue weighted by molar-refractivity contribution is -0.137. The van der Waals surface area contributed by atoms with Crippen LogP contribution >= 0.6 is 0 Å². The Morgan fingerprint density at radius 3 is 2.47 bits per heavy atom. The average Bonchev–Trinajstić information content (AvgIpc) is 2.14. The van der Waals surface area contributed by atoms with Crippen molar-refractivity contribution in [1.29, 1.82) is 0 Å². The number of hydrogen-bond acceptors (Lipinski definition) is 2. The lowest BCUT2D eigenvalue weighted by atomic mass is 9.88. The first kappa shape index (κ1) is 12.1. The van der Waals surface area contributed by atoms with Gasteiger partial charge in [-0.1, -0.05) is 20.8 Å². The summed E-state index contributed by atoms with van der Waals surface area (Å²) >= 11 is 0. The molecule has 1 amide bonds. The van der Waals surface area contributed by atoms with Gasteiger partial charge >= 0.3 is 0 Å². The van der Waals surface area contributed by atoms with E-state index in [1.807, 2.05) is 29.4 Å². The summed E-state index contributed by atoms with van der Waals surface area (Å²) in [6, 6.07) is 4.08. The number of amides is 1. The quantitative estimate of drug-likeness (QED) is 0.784. The van der Waals surface area contributed by atoms with Gasteiger partial charge in [0.2, 0.25) is 5.91 Å². The van der Waals surface area contributed by atoms with Crippen molar-refractivity contribution in [2.45, 2.75) is 33.1 Å². The Bertz CT molecular complexity index is 388.